The van der Waals surface area contributed by atoms with Crippen molar-refractivity contribution in [2.24, 2.45) is 0 Å². The zero-order valence-corrected chi connectivity index (χ0v) is 8.52. The van der Waals surface area contributed by atoms with Gasteiger partial charge in [-0.3, -0.25) is 10.1 Å². The molecule has 1 aromatic rings. The Kier molecular flexibility index (Phi) is 3.40. The highest BCUT2D eigenvalue weighted by Gasteiger charge is 2.33. The summed E-state index contributed by atoms with van der Waals surface area (Å²) in [5, 5.41) is 10.5. The van der Waals surface area contributed by atoms with Crippen LogP contribution in [-0.4, -0.2) is 25.0 Å². The van der Waals surface area contributed by atoms with E-state index >= 15 is 0 Å². The third-order valence-electron chi connectivity index (χ3n) is 2.00. The molecule has 0 radical (unpaired) electrons. The largest absolute Gasteiger partial charge is 0.516 e. The molecule has 0 aliphatic heterocycles. The molecule has 0 amide bonds. The van der Waals surface area contributed by atoms with Gasteiger partial charge in [-0.25, -0.2) is 4.79 Å². The second-order valence-corrected chi connectivity index (χ2v) is 3.10. The quantitative estimate of drug-likeness (QED) is 0.351. The number of methoxy groups -OCH3 is 1. The lowest BCUT2D eigenvalue weighted by atomic mass is 9.78. The van der Waals surface area contributed by atoms with E-state index in [0.717, 1.165) is 13.2 Å². The van der Waals surface area contributed by atoms with Crippen LogP contribution in [0.2, 0.25) is 0 Å². The molecule has 0 aliphatic rings. The van der Waals surface area contributed by atoms with E-state index in [9.17, 15) is 27.9 Å². The molecule has 0 spiro atoms. The fraction of sp³-hybridized carbons (Fsp3) is 0.125. The average molecular weight is 248 g/mol. The molecule has 0 saturated carbocycles. The number of nitrogens with zero attached hydrogens (tertiary/aromatic N) is 1. The van der Waals surface area contributed by atoms with Crippen molar-refractivity contribution < 1.29 is 27.4 Å². The Balaban J connectivity index is 3.37. The highest BCUT2D eigenvalue weighted by atomic mass is 19.4. The molecule has 0 saturated heterocycles. The molecule has 5 nitrogen and oxygen atoms in total. The lowest BCUT2D eigenvalue weighted by molar-refractivity contribution is -0.383. The smallest absolute Gasteiger partial charge is 0.465 e. The summed E-state index contributed by atoms with van der Waals surface area (Å²) < 4.78 is 41.7. The number of benzene rings is 1. The van der Waals surface area contributed by atoms with Crippen molar-refractivity contribution in [3.05, 3.63) is 33.9 Å². The number of carbonyl (C=O) groups excluding carboxylic acids is 1. The highest BCUT2D eigenvalue weighted by molar-refractivity contribution is 6.74. The van der Waals surface area contributed by atoms with Crippen LogP contribution in [0.3, 0.4) is 0 Å². The number of esters is 1. The van der Waals surface area contributed by atoms with Crippen LogP contribution in [0.15, 0.2) is 18.2 Å². The molecule has 9 heteroatoms. The third-order valence-corrected chi connectivity index (χ3v) is 2.00. The predicted octanol–water partition coefficient (Wildman–Crippen LogP) is 1.44. The fourth-order valence-electron chi connectivity index (χ4n) is 1.22. The van der Waals surface area contributed by atoms with Crippen molar-refractivity contribution >= 4 is 24.1 Å². The van der Waals surface area contributed by atoms with Gasteiger partial charge >= 0.3 is 12.9 Å². The summed E-state index contributed by atoms with van der Waals surface area (Å²) in [7, 11) is 1.02. The molecule has 1 aromatic carbocycles. The van der Waals surface area contributed by atoms with E-state index < -0.39 is 29.0 Å². The van der Waals surface area contributed by atoms with E-state index in [1.54, 1.807) is 0 Å². The van der Waals surface area contributed by atoms with Gasteiger partial charge in [0.2, 0.25) is 5.69 Å². The summed E-state index contributed by atoms with van der Waals surface area (Å²) in [6.45, 7) is -5.50. The highest BCUT2D eigenvalue weighted by Crippen LogP contribution is 2.19. The number of nitro benzene ring substituents is 1. The maximum absolute atomic E-state index is 12.5. The minimum atomic E-state index is -5.50. The molecule has 92 valence electrons. The number of nitro groups is 1. The second-order valence-electron chi connectivity index (χ2n) is 3.10. The number of halogens is 3. The molecule has 0 aromatic heterocycles. The first-order valence-corrected chi connectivity index (χ1v) is 4.34. The van der Waals surface area contributed by atoms with Gasteiger partial charge in [-0.15, -0.1) is 0 Å². The Bertz CT molecular complexity index is 474. The van der Waals surface area contributed by atoms with Crippen molar-refractivity contribution in [2.75, 3.05) is 7.11 Å². The Labute approximate surface area is 93.4 Å². The van der Waals surface area contributed by atoms with Crippen LogP contribution < -0.4 is 5.46 Å². The van der Waals surface area contributed by atoms with Gasteiger partial charge in [0.15, 0.2) is 0 Å². The molecule has 0 aliphatic carbocycles. The van der Waals surface area contributed by atoms with Crippen LogP contribution >= 0.6 is 0 Å². The van der Waals surface area contributed by atoms with E-state index in [1.165, 1.54) is 0 Å². The molecular weight excluding hydrogens is 242 g/mol. The fourth-order valence-corrected chi connectivity index (χ4v) is 1.22. The predicted molar refractivity (Wildman–Crippen MR) is 53.1 cm³/mol. The minimum absolute atomic E-state index is 0.303. The van der Waals surface area contributed by atoms with Gasteiger partial charge < -0.3 is 17.7 Å². The van der Waals surface area contributed by atoms with Gasteiger partial charge in [0, 0.05) is 6.07 Å². The van der Waals surface area contributed by atoms with Crippen LogP contribution in [0.5, 0.6) is 0 Å². The summed E-state index contributed by atoms with van der Waals surface area (Å²) in [6, 6.07) is 1.89. The van der Waals surface area contributed by atoms with E-state index in [1.807, 2.05) is 0 Å². The van der Waals surface area contributed by atoms with E-state index in [4.69, 9.17) is 0 Å². The third kappa shape index (κ3) is 2.74. The standard InChI is InChI=1S/C8H6BF3NO4/c1-17-8(14)5-2-3-6(9(10,11)12)7(4-5)13(15)16/h2-4H,1H3/q-1. The molecular formula is C8H6BF3NO4-. The summed E-state index contributed by atoms with van der Waals surface area (Å²) in [5.41, 5.74) is -2.80. The van der Waals surface area contributed by atoms with Crippen molar-refractivity contribution in [3.63, 3.8) is 0 Å². The van der Waals surface area contributed by atoms with Crippen LogP contribution in [0.25, 0.3) is 0 Å². The minimum Gasteiger partial charge on any atom is -0.465 e. The Hall–Kier alpha value is -2.06. The van der Waals surface area contributed by atoms with E-state index in [-0.39, 0.29) is 5.56 Å². The van der Waals surface area contributed by atoms with Crippen molar-refractivity contribution in [2.45, 2.75) is 0 Å². The Morgan fingerprint density at radius 2 is 2.00 bits per heavy atom. The maximum Gasteiger partial charge on any atom is 0.516 e. The van der Waals surface area contributed by atoms with Crippen molar-refractivity contribution in [1.29, 1.82) is 0 Å². The Morgan fingerprint density at radius 1 is 1.41 bits per heavy atom. The van der Waals surface area contributed by atoms with Crippen LogP contribution in [0.1, 0.15) is 10.4 Å². The second kappa shape index (κ2) is 4.44. The topological polar surface area (TPSA) is 69.4 Å². The molecule has 0 fully saturated rings. The van der Waals surface area contributed by atoms with Gasteiger partial charge in [-0.1, -0.05) is 12.1 Å². The number of carbonyl (C=O) groups is 1. The zero-order valence-electron chi connectivity index (χ0n) is 8.52. The van der Waals surface area contributed by atoms with Gasteiger partial charge in [0.1, 0.15) is 0 Å². The van der Waals surface area contributed by atoms with E-state index in [2.05, 4.69) is 4.74 Å². The number of rotatable bonds is 3. The molecule has 0 unspecified atom stereocenters. The van der Waals surface area contributed by atoms with Gasteiger partial charge in [-0.05, 0) is 5.46 Å². The maximum atomic E-state index is 12.5. The van der Waals surface area contributed by atoms with Crippen LogP contribution in [0.4, 0.5) is 18.6 Å². The zero-order chi connectivity index (χ0) is 13.2. The average Bonchev–Trinajstić information content (AvgIpc) is 2.25. The Morgan fingerprint density at radius 3 is 2.41 bits per heavy atom. The van der Waals surface area contributed by atoms with Gasteiger partial charge in [0.05, 0.1) is 17.6 Å². The van der Waals surface area contributed by atoms with Crippen LogP contribution in [-0.2, 0) is 4.74 Å². The number of ether oxygens (including phenoxy) is 1. The molecule has 0 bridgehead atoms. The molecule has 0 atom stereocenters. The molecule has 1 rings (SSSR count). The molecule has 17 heavy (non-hydrogen) atoms. The summed E-state index contributed by atoms with van der Waals surface area (Å²) in [5.74, 6) is -0.936. The normalized spacial score (nSPS) is 11.1. The van der Waals surface area contributed by atoms with Gasteiger partial charge in [-0.2, -0.15) is 0 Å². The summed E-state index contributed by atoms with van der Waals surface area (Å²) >= 11 is 0. The monoisotopic (exact) mass is 248 g/mol. The SMILES string of the molecule is COC(=O)c1ccc([B-](F)(F)F)c([N+](=O)[O-])c1. The summed E-state index contributed by atoms with van der Waals surface area (Å²) in [6.07, 6.45) is 0. The van der Waals surface area contributed by atoms with Crippen LogP contribution in [0, 0.1) is 10.1 Å². The molecule has 0 heterocycles. The van der Waals surface area contributed by atoms with Crippen molar-refractivity contribution in [1.82, 2.24) is 0 Å². The first kappa shape index (κ1) is 13.0. The first-order chi connectivity index (χ1) is 7.77. The summed E-state index contributed by atoms with van der Waals surface area (Å²) in [4.78, 5) is 20.3. The number of hydrogen-bond acceptors (Lipinski definition) is 4. The lowest BCUT2D eigenvalue weighted by Crippen LogP contribution is -2.36. The molecule has 0 N–H and O–H groups in total. The number of hydrogen-bond donors (Lipinski definition) is 0. The van der Waals surface area contributed by atoms with Gasteiger partial charge in [0.25, 0.3) is 0 Å². The lowest BCUT2D eigenvalue weighted by Gasteiger charge is -2.15. The van der Waals surface area contributed by atoms with Crippen molar-refractivity contribution in [3.8, 4) is 0 Å². The first-order valence-electron chi connectivity index (χ1n) is 4.34. The van der Waals surface area contributed by atoms with E-state index in [0.29, 0.717) is 12.1 Å².